The van der Waals surface area contributed by atoms with Crippen molar-refractivity contribution in [1.82, 2.24) is 74.3 Å². The molecule has 6 fully saturated rings. The average Bonchev–Trinajstić information content (AvgIpc) is 1.07. The van der Waals surface area contributed by atoms with E-state index in [1.165, 1.54) is 44.2 Å². The number of rotatable bonds is 20. The number of likely N-dealkylation sites (tertiary alicyclic amines) is 3. The maximum absolute atomic E-state index is 16.6. The molecule has 7 atom stereocenters. The molecule has 6 N–H and O–H groups in total. The second kappa shape index (κ2) is 41.0. The molecule has 0 radical (unpaired) electrons. The Balaban J connectivity index is 0.000000167. The number of ether oxygens (including phenoxy) is 3. The van der Waals surface area contributed by atoms with Crippen LogP contribution in [0.2, 0.25) is 15.1 Å². The van der Waals surface area contributed by atoms with Crippen LogP contribution in [-0.4, -0.2) is 259 Å². The van der Waals surface area contributed by atoms with E-state index in [-0.39, 0.29) is 185 Å². The van der Waals surface area contributed by atoms with E-state index in [1.807, 2.05) is 58.5 Å². The number of pyridine rings is 3. The van der Waals surface area contributed by atoms with Crippen molar-refractivity contribution in [2.45, 2.75) is 136 Å². The molecule has 6 saturated heterocycles. The first-order valence-electron chi connectivity index (χ1n) is 42.8. The number of alkyl halides is 8. The van der Waals surface area contributed by atoms with Crippen molar-refractivity contribution in [2.75, 3.05) is 163 Å². The van der Waals surface area contributed by atoms with E-state index < -0.39 is 63.4 Å². The average molecular weight is 1920 g/mol. The smallest absolute Gasteiger partial charge is 0.418 e. The number of nitrogen functional groups attached to an aromatic ring is 3. The van der Waals surface area contributed by atoms with E-state index in [1.54, 1.807) is 39.0 Å². The van der Waals surface area contributed by atoms with Gasteiger partial charge in [-0.2, -0.15) is 56.2 Å². The summed E-state index contributed by atoms with van der Waals surface area (Å²) in [5.41, 5.74) is 14.0. The lowest BCUT2D eigenvalue weighted by molar-refractivity contribution is -0.138. The summed E-state index contributed by atoms with van der Waals surface area (Å²) in [7, 11) is 6.03. The Kier molecular flexibility index (Phi) is 30.7. The molecule has 6 aliphatic rings. The van der Waals surface area contributed by atoms with Gasteiger partial charge in [-0.05, 0) is 185 Å². The van der Waals surface area contributed by atoms with Crippen molar-refractivity contribution in [1.29, 1.82) is 0 Å². The van der Waals surface area contributed by atoms with Gasteiger partial charge in [0, 0.05) is 142 Å². The van der Waals surface area contributed by atoms with Crippen LogP contribution in [0.15, 0.2) is 73.4 Å². The van der Waals surface area contributed by atoms with Crippen molar-refractivity contribution in [3.05, 3.63) is 139 Å². The molecule has 702 valence electrons. The van der Waals surface area contributed by atoms with Gasteiger partial charge in [0.1, 0.15) is 71.3 Å². The quantitative estimate of drug-likeness (QED) is 0.0363. The number of aromatic nitrogens is 9. The summed E-state index contributed by atoms with van der Waals surface area (Å²) in [6.45, 7) is 24.9. The Labute approximate surface area is 777 Å². The fraction of sp³-hybridized carbons (Fsp3) is 0.467. The number of fused-ring (bicyclic) bond motifs is 3. The second-order valence-corrected chi connectivity index (χ2v) is 35.9. The lowest BCUT2D eigenvalue weighted by Crippen LogP contribution is -2.53. The predicted octanol–water partition coefficient (Wildman–Crippen LogP) is 16.0. The number of halogens is 14. The van der Waals surface area contributed by atoms with Crippen LogP contribution in [0.1, 0.15) is 93.2 Å². The molecule has 0 spiro atoms. The van der Waals surface area contributed by atoms with Crippen LogP contribution in [-0.2, 0) is 26.7 Å². The first kappa shape index (κ1) is 98.2. The fourth-order valence-corrected chi connectivity index (χ4v) is 19.0. The lowest BCUT2D eigenvalue weighted by atomic mass is 9.99. The molecule has 6 aromatic heterocycles. The Morgan fingerprint density at radius 3 is 1.11 bits per heavy atom. The normalized spacial score (nSPS) is 20.2. The maximum Gasteiger partial charge on any atom is 0.418 e. The van der Waals surface area contributed by atoms with Crippen LogP contribution in [0.3, 0.4) is 0 Å². The molecule has 3 amide bonds. The van der Waals surface area contributed by atoms with Crippen molar-refractivity contribution >= 4 is 143 Å². The van der Waals surface area contributed by atoms with Gasteiger partial charge in [0.2, 0.25) is 17.7 Å². The Morgan fingerprint density at radius 1 is 0.458 bits per heavy atom. The van der Waals surface area contributed by atoms with Crippen molar-refractivity contribution < 1.29 is 68.1 Å². The zero-order valence-corrected chi connectivity index (χ0v) is 78.0. The molecular weight excluding hydrogens is 1820 g/mol. The van der Waals surface area contributed by atoms with E-state index in [9.17, 15) is 40.7 Å². The number of nitrogens with zero attached hydrogens (tertiary/aromatic N) is 18. The van der Waals surface area contributed by atoms with Gasteiger partial charge in [-0.1, -0.05) is 60.5 Å². The number of carbonyl (C=O) groups excluding carboxylic acids is 3. The number of nitrogens with two attached hydrogens (primary N) is 3. The highest BCUT2D eigenvalue weighted by molar-refractivity contribution is 6.35. The van der Waals surface area contributed by atoms with Crippen molar-refractivity contribution in [3.63, 3.8) is 0 Å². The number of hydrogen-bond donors (Lipinski definition) is 3. The van der Waals surface area contributed by atoms with Gasteiger partial charge in [0.25, 0.3) is 0 Å². The summed E-state index contributed by atoms with van der Waals surface area (Å²) in [5, 5.41) is 0.361. The third kappa shape index (κ3) is 21.5. The van der Waals surface area contributed by atoms with Crippen molar-refractivity contribution in [3.8, 4) is 51.8 Å². The molecule has 27 nitrogen and oxygen atoms in total. The largest absolute Gasteiger partial charge is 0.462 e. The van der Waals surface area contributed by atoms with Crippen LogP contribution < -0.4 is 46.1 Å². The topological polar surface area (TPSA) is 302 Å². The Morgan fingerprint density at radius 2 is 0.794 bits per heavy atom. The molecule has 3 aromatic carbocycles. The molecule has 41 heteroatoms. The van der Waals surface area contributed by atoms with E-state index in [2.05, 4.69) is 80.0 Å². The lowest BCUT2D eigenvalue weighted by Gasteiger charge is -2.40. The number of amides is 3. The molecular formula is C90H103Cl5F9N21O6. The van der Waals surface area contributed by atoms with Gasteiger partial charge in [-0.3, -0.25) is 19.3 Å². The van der Waals surface area contributed by atoms with Gasteiger partial charge in [-0.25, -0.2) is 28.1 Å². The van der Waals surface area contributed by atoms with Gasteiger partial charge >= 0.3 is 30.4 Å². The molecule has 0 saturated carbocycles. The summed E-state index contributed by atoms with van der Waals surface area (Å²) < 4.78 is 153. The van der Waals surface area contributed by atoms with Gasteiger partial charge in [0.05, 0.1) is 60.0 Å². The number of anilines is 6. The van der Waals surface area contributed by atoms with Crippen LogP contribution in [0.4, 0.5) is 74.4 Å². The molecule has 12 heterocycles. The molecule has 6 aliphatic heterocycles. The molecule has 131 heavy (non-hydrogen) atoms. The van der Waals surface area contributed by atoms with E-state index in [0.29, 0.717) is 88.3 Å². The fourth-order valence-electron chi connectivity index (χ4n) is 18.0. The summed E-state index contributed by atoms with van der Waals surface area (Å²) in [5.74, 6) is -1.45. The monoisotopic (exact) mass is 1920 g/mol. The minimum absolute atomic E-state index is 0.0932. The molecule has 2 unspecified atom stereocenters. The number of piperazine rings is 3. The third-order valence-corrected chi connectivity index (χ3v) is 26.0. The first-order chi connectivity index (χ1) is 62.1. The number of likely N-dealkylation sites (N-methyl/N-ethyl adjacent to an activating group) is 3. The molecule has 15 rings (SSSR count). The summed E-state index contributed by atoms with van der Waals surface area (Å²) in [6, 6.07) is 7.83. The molecule has 0 bridgehead atoms. The standard InChI is InChI=1S/2C30H33Cl2F4N7O2.C30H37ClFN7O2/c2*1-16-12-21(37)38-27(24(16)30(34,35)36)23-20(32)13-19-26(25(23)33)39-29(45-15-18-6-5-9-41(18)3)40-28(19)43-11-10-42(14-17(43)2)22(44)7-4-8-31;1-7-24(40)38-8-9-39(18(4)14-38)29-21-12-22(31)25(27-19(5)17(3)11-23(33)34-27)26(32)28(21)35-30(36-29)41-15-20-10-16(2)13-37(20)6/h2*4,7,12-13,17-18H,5-6,8-11,14-15H2,1-3H3,(H2,37,38);7,11-12,16,18,20H,1,8-10,13-15H2,2-6H3,(H2,33,34)/b2*7-4+;/t17-,18-;;16-,18+,20+/m0.1/s1. The first-order valence-corrected chi connectivity index (χ1v) is 45.0. The highest BCUT2D eigenvalue weighted by Crippen LogP contribution is 2.49. The van der Waals surface area contributed by atoms with E-state index >= 15 is 13.2 Å². The molecule has 0 aliphatic carbocycles. The number of aryl methyl sites for hydroxylation is 3. The minimum Gasteiger partial charge on any atom is -0.462 e. The number of benzene rings is 3. The summed E-state index contributed by atoms with van der Waals surface area (Å²) >= 11 is 31.3. The maximum atomic E-state index is 16.6. The van der Waals surface area contributed by atoms with Crippen LogP contribution >= 0.6 is 58.0 Å². The highest BCUT2D eigenvalue weighted by atomic mass is 35.5. The zero-order chi connectivity index (χ0) is 94.8. The summed E-state index contributed by atoms with van der Waals surface area (Å²) in [4.78, 5) is 94.5. The number of allylic oxidation sites excluding steroid dienone is 2. The predicted molar refractivity (Wildman–Crippen MR) is 493 cm³/mol. The minimum atomic E-state index is -4.87. The van der Waals surface area contributed by atoms with E-state index in [4.69, 9.17) is 94.4 Å². The van der Waals surface area contributed by atoms with Crippen LogP contribution in [0, 0.1) is 51.1 Å². The zero-order valence-electron chi connectivity index (χ0n) is 74.2. The second-order valence-electron chi connectivity index (χ2n) is 34.0. The third-order valence-electron chi connectivity index (χ3n) is 24.8. The van der Waals surface area contributed by atoms with Gasteiger partial charge in [0.15, 0.2) is 17.5 Å². The van der Waals surface area contributed by atoms with Crippen LogP contribution in [0.25, 0.3) is 66.5 Å². The van der Waals surface area contributed by atoms with Crippen LogP contribution in [0.5, 0.6) is 18.0 Å². The number of carbonyl (C=O) groups is 3. The van der Waals surface area contributed by atoms with Gasteiger partial charge < -0.3 is 70.6 Å². The highest BCUT2D eigenvalue weighted by Gasteiger charge is 2.43. The Bertz CT molecular complexity index is 5670. The number of hydrogen-bond acceptors (Lipinski definition) is 24. The molecule has 9 aromatic rings. The van der Waals surface area contributed by atoms with Crippen molar-refractivity contribution in [2.24, 2.45) is 5.92 Å². The van der Waals surface area contributed by atoms with Gasteiger partial charge in [-0.15, -0.1) is 23.2 Å². The Hall–Kier alpha value is -10.3. The van der Waals surface area contributed by atoms with E-state index in [0.717, 1.165) is 75.0 Å². The SMILES string of the molecule is C=CC(=O)N1CCN(c2nc(OC[C@@H]3C[C@@H](C)CN3C)nc3c(F)c(-c4nc(N)cc(C)c4C)c(Cl)cc23)[C@@H](C)C1.Cc1cc(N)nc(-c2c(Cl)cc3c(N4CCN(C(=O)/C=C/CCl)CC4C)nc(OCC4CCCN4C)nc3c2F)c1C(F)(F)F.Cc1cc(N)nc(-c2c(Cl)cc3c(N4CCN(C(=O)/C=C/CCl)C[C@@H]4C)nc(OC[C@@H]4CCCN4C)nc3c2F)c1C(F)(F)F. The summed E-state index contributed by atoms with van der Waals surface area (Å²) in [6.07, 6.45) is 2.34.